The lowest BCUT2D eigenvalue weighted by atomic mass is 9.97. The molecule has 1 heterocycles. The number of aromatic amines is 1. The summed E-state index contributed by atoms with van der Waals surface area (Å²) in [6.45, 7) is 15.8. The van der Waals surface area contributed by atoms with Crippen LogP contribution in [0.15, 0.2) is 47.6 Å². The zero-order chi connectivity index (χ0) is 26.1. The van der Waals surface area contributed by atoms with Crippen LogP contribution in [0.1, 0.15) is 80.3 Å². The van der Waals surface area contributed by atoms with Crippen molar-refractivity contribution in [2.45, 2.75) is 71.6 Å². The van der Waals surface area contributed by atoms with E-state index in [-0.39, 0.29) is 0 Å². The van der Waals surface area contributed by atoms with Crippen molar-refractivity contribution in [3.63, 3.8) is 0 Å². The molecule has 2 aromatic rings. The van der Waals surface area contributed by atoms with Crippen molar-refractivity contribution in [3.05, 3.63) is 70.6 Å². The molecule has 36 heavy (non-hydrogen) atoms. The van der Waals surface area contributed by atoms with Gasteiger partial charge in [-0.1, -0.05) is 31.2 Å². The smallest absolute Gasteiger partial charge is 0.152 e. The summed E-state index contributed by atoms with van der Waals surface area (Å²) in [6.07, 6.45) is 10.1. The average Bonchev–Trinajstić information content (AvgIpc) is 3.62. The second-order valence-corrected chi connectivity index (χ2v) is 10.3. The molecule has 0 aliphatic heterocycles. The number of anilines is 1. The van der Waals surface area contributed by atoms with Crippen molar-refractivity contribution in [1.29, 1.82) is 0 Å². The highest BCUT2D eigenvalue weighted by Gasteiger charge is 2.29. The monoisotopic (exact) mass is 490 g/mol. The number of aliphatic imine (C=N–C) groups is 1. The van der Waals surface area contributed by atoms with E-state index in [1.54, 1.807) is 0 Å². The summed E-state index contributed by atoms with van der Waals surface area (Å²) in [5, 5.41) is 11.4. The van der Waals surface area contributed by atoms with E-state index >= 15 is 0 Å². The van der Waals surface area contributed by atoms with Gasteiger partial charge in [-0.05, 0) is 101 Å². The van der Waals surface area contributed by atoms with E-state index in [1.807, 2.05) is 20.3 Å². The second kappa shape index (κ2) is 13.6. The Morgan fingerprint density at radius 2 is 1.89 bits per heavy atom. The summed E-state index contributed by atoms with van der Waals surface area (Å²) in [5.41, 5.74) is 14.6. The number of aromatic nitrogens is 2. The molecule has 6 nitrogen and oxygen atoms in total. The molecule has 196 valence electrons. The first-order valence-electron chi connectivity index (χ1n) is 13.5. The fourth-order valence-electron chi connectivity index (χ4n) is 5.62. The zero-order valence-corrected chi connectivity index (χ0v) is 23.0. The average molecular weight is 491 g/mol. The summed E-state index contributed by atoms with van der Waals surface area (Å²) in [7, 11) is 3.64. The maximum Gasteiger partial charge on any atom is 0.152 e. The molecule has 4 rings (SSSR count). The zero-order valence-electron chi connectivity index (χ0n) is 23.0. The van der Waals surface area contributed by atoms with Crippen molar-refractivity contribution in [2.24, 2.45) is 16.8 Å². The number of rotatable bonds is 10. The lowest BCUT2D eigenvalue weighted by Crippen LogP contribution is -2.21. The molecule has 1 aromatic carbocycles. The molecule has 4 N–H and O–H groups in total. The number of fused-ring (bicyclic) bond motifs is 1. The van der Waals surface area contributed by atoms with Gasteiger partial charge in [-0.25, -0.2) is 0 Å². The van der Waals surface area contributed by atoms with Gasteiger partial charge in [0.25, 0.3) is 0 Å². The third kappa shape index (κ3) is 7.17. The Kier molecular flexibility index (Phi) is 10.5. The van der Waals surface area contributed by atoms with Crippen molar-refractivity contribution in [3.8, 4) is 0 Å². The molecule has 0 radical (unpaired) electrons. The topological polar surface area (TPSA) is 77.1 Å². The van der Waals surface area contributed by atoms with Gasteiger partial charge in [0.15, 0.2) is 5.82 Å². The number of hydrogen-bond acceptors (Lipinski definition) is 5. The van der Waals surface area contributed by atoms with Crippen LogP contribution in [0, 0.1) is 11.8 Å². The van der Waals surface area contributed by atoms with E-state index in [0.29, 0.717) is 11.8 Å². The van der Waals surface area contributed by atoms with Crippen LogP contribution in [-0.4, -0.2) is 37.1 Å². The summed E-state index contributed by atoms with van der Waals surface area (Å²) in [6, 6.07) is 6.70. The van der Waals surface area contributed by atoms with Crippen molar-refractivity contribution in [1.82, 2.24) is 21.0 Å². The van der Waals surface area contributed by atoms with Crippen LogP contribution in [-0.2, 0) is 19.3 Å². The van der Waals surface area contributed by atoms with E-state index in [2.05, 4.69) is 83.5 Å². The predicted molar refractivity (Wildman–Crippen MR) is 154 cm³/mol. The highest BCUT2D eigenvalue weighted by atomic mass is 15.3. The van der Waals surface area contributed by atoms with E-state index in [4.69, 9.17) is 0 Å². The molecule has 0 saturated heterocycles. The molecular formula is C30H46N6. The molecule has 0 amide bonds. The summed E-state index contributed by atoms with van der Waals surface area (Å²) in [5.74, 6) is 2.63. The molecule has 6 heteroatoms. The highest BCUT2D eigenvalue weighted by molar-refractivity contribution is 5.83. The van der Waals surface area contributed by atoms with Gasteiger partial charge in [-0.2, -0.15) is 5.10 Å². The number of hydrogen-bond donors (Lipinski definition) is 4. The normalized spacial score (nSPS) is 20.8. The number of hydrazine groups is 1. The number of aryl methyl sites for hydroxylation is 1. The summed E-state index contributed by atoms with van der Waals surface area (Å²) >= 11 is 0. The fourth-order valence-corrected chi connectivity index (χ4v) is 5.62. The first-order valence-corrected chi connectivity index (χ1v) is 13.5. The Balaban J connectivity index is 0.000000840. The van der Waals surface area contributed by atoms with E-state index < -0.39 is 0 Å². The van der Waals surface area contributed by atoms with Gasteiger partial charge in [-0.3, -0.25) is 20.9 Å². The van der Waals surface area contributed by atoms with Gasteiger partial charge in [0.1, 0.15) is 0 Å². The van der Waals surface area contributed by atoms with E-state index in [1.165, 1.54) is 52.8 Å². The van der Waals surface area contributed by atoms with Crippen LogP contribution >= 0.6 is 0 Å². The Bertz CT molecular complexity index is 1050. The molecule has 0 spiro atoms. The molecule has 1 saturated carbocycles. The van der Waals surface area contributed by atoms with Crippen LogP contribution in [0.2, 0.25) is 0 Å². The first-order chi connectivity index (χ1) is 17.4. The van der Waals surface area contributed by atoms with Crippen LogP contribution in [0.5, 0.6) is 0 Å². The summed E-state index contributed by atoms with van der Waals surface area (Å²) < 4.78 is 0. The second-order valence-electron chi connectivity index (χ2n) is 10.3. The molecular weight excluding hydrogens is 444 g/mol. The SMILES string of the molecule is C=C(C)CC1CCC(c2cc(NC(=C)C3Cc4c(C=NCC)ccc(CC)c4C3)n[nH]2)C1.CNNC. The standard InChI is InChI=1S/C28H38N4.C2H8N2/c1-6-21-10-11-23(17-29-7-2)26-15-24(14-25(21)26)19(5)30-28-16-27(31-32-28)22-9-8-20(13-22)12-18(3)4;1-3-4-2/h10-11,16-17,20,22,24H,3,5-9,12-15H2,1-2,4H3,(H2,30,31,32);3-4H,1-2H3. The largest absolute Gasteiger partial charge is 0.343 e. The number of benzene rings is 1. The Morgan fingerprint density at radius 1 is 1.14 bits per heavy atom. The minimum atomic E-state index is 0.387. The molecule has 2 aliphatic rings. The predicted octanol–water partition coefficient (Wildman–Crippen LogP) is 5.94. The highest BCUT2D eigenvalue weighted by Crippen LogP contribution is 2.41. The van der Waals surface area contributed by atoms with Gasteiger partial charge < -0.3 is 5.32 Å². The minimum Gasteiger partial charge on any atom is -0.343 e. The minimum absolute atomic E-state index is 0.387. The lowest BCUT2D eigenvalue weighted by Gasteiger charge is -2.14. The van der Waals surface area contributed by atoms with Crippen LogP contribution in [0.25, 0.3) is 0 Å². The number of nitrogens with one attached hydrogen (secondary N) is 4. The molecule has 3 atom stereocenters. The molecule has 1 fully saturated rings. The molecule has 0 bridgehead atoms. The van der Waals surface area contributed by atoms with Gasteiger partial charge in [-0.15, -0.1) is 6.58 Å². The Morgan fingerprint density at radius 3 is 2.56 bits per heavy atom. The van der Waals surface area contributed by atoms with E-state index in [9.17, 15) is 0 Å². The number of H-pyrrole nitrogens is 1. The molecule has 1 aromatic heterocycles. The van der Waals surface area contributed by atoms with Crippen LogP contribution < -0.4 is 16.2 Å². The maximum atomic E-state index is 4.56. The maximum absolute atomic E-state index is 4.56. The number of nitrogens with zero attached hydrogens (tertiary/aromatic N) is 2. The van der Waals surface area contributed by atoms with Gasteiger partial charge in [0.05, 0.1) is 0 Å². The Labute approximate surface area is 218 Å². The van der Waals surface area contributed by atoms with Crippen molar-refractivity contribution < 1.29 is 0 Å². The molecule has 3 unspecified atom stereocenters. The third-order valence-corrected chi connectivity index (χ3v) is 7.51. The molecule has 2 aliphatic carbocycles. The third-order valence-electron chi connectivity index (χ3n) is 7.51. The van der Waals surface area contributed by atoms with E-state index in [0.717, 1.165) is 49.7 Å². The number of allylic oxidation sites excluding steroid dienone is 2. The van der Waals surface area contributed by atoms with Gasteiger partial charge in [0, 0.05) is 42.1 Å². The summed E-state index contributed by atoms with van der Waals surface area (Å²) in [4.78, 5) is 4.49. The van der Waals surface area contributed by atoms with Crippen LogP contribution in [0.4, 0.5) is 5.82 Å². The first kappa shape index (κ1) is 27.9. The van der Waals surface area contributed by atoms with Gasteiger partial charge in [0.2, 0.25) is 0 Å². The van der Waals surface area contributed by atoms with Crippen molar-refractivity contribution >= 4 is 12.0 Å². The van der Waals surface area contributed by atoms with Crippen LogP contribution in [0.3, 0.4) is 0 Å². The van der Waals surface area contributed by atoms with Gasteiger partial charge >= 0.3 is 0 Å². The quantitative estimate of drug-likeness (QED) is 0.189. The lowest BCUT2D eigenvalue weighted by molar-refractivity contribution is 0.532. The Hall–Kier alpha value is -2.70. The van der Waals surface area contributed by atoms with Crippen molar-refractivity contribution in [2.75, 3.05) is 26.0 Å². The fraction of sp³-hybridized carbons (Fsp3) is 0.533.